The van der Waals surface area contributed by atoms with Gasteiger partial charge in [-0.15, -0.1) is 0 Å². The number of halogens is 1. The van der Waals surface area contributed by atoms with Gasteiger partial charge in [0.2, 0.25) is 11.3 Å². The van der Waals surface area contributed by atoms with Crippen molar-refractivity contribution in [2.45, 2.75) is 6.42 Å². The Morgan fingerprint density at radius 1 is 1.12 bits per heavy atom. The summed E-state index contributed by atoms with van der Waals surface area (Å²) in [4.78, 5) is 14.9. The molecule has 0 aliphatic rings. The molecule has 0 bridgehead atoms. The van der Waals surface area contributed by atoms with Crippen molar-refractivity contribution >= 4 is 22.7 Å². The number of aromatic hydroxyl groups is 1. The van der Waals surface area contributed by atoms with Crippen LogP contribution >= 0.6 is 0 Å². The van der Waals surface area contributed by atoms with E-state index < -0.39 is 17.1 Å². The van der Waals surface area contributed by atoms with Crippen molar-refractivity contribution in [2.75, 3.05) is 0 Å². The zero-order chi connectivity index (χ0) is 18.0. The van der Waals surface area contributed by atoms with Gasteiger partial charge in [-0.05, 0) is 29.8 Å². The van der Waals surface area contributed by atoms with Crippen LogP contribution in [0.15, 0.2) is 53.3 Å². The molecule has 3 rings (SSSR count). The van der Waals surface area contributed by atoms with Gasteiger partial charge in [0.25, 0.3) is 0 Å². The predicted molar refractivity (Wildman–Crippen MR) is 92.0 cm³/mol. The number of fused-ring (bicyclic) bond motifs is 1. The van der Waals surface area contributed by atoms with Crippen LogP contribution in [0.3, 0.4) is 0 Å². The van der Waals surface area contributed by atoms with Gasteiger partial charge in [-0.2, -0.15) is 0 Å². The Bertz CT molecular complexity index is 1030. The topological polar surface area (TPSA) is 110 Å². The van der Waals surface area contributed by atoms with Crippen LogP contribution in [0.4, 0.5) is 4.39 Å². The molecule has 0 aliphatic carbocycles. The Labute approximate surface area is 141 Å². The van der Waals surface area contributed by atoms with E-state index in [-0.39, 0.29) is 29.2 Å². The molecule has 25 heavy (non-hydrogen) atoms. The van der Waals surface area contributed by atoms with Gasteiger partial charge in [-0.1, -0.05) is 24.3 Å². The first-order valence-electron chi connectivity index (χ1n) is 7.38. The van der Waals surface area contributed by atoms with Gasteiger partial charge < -0.3 is 14.8 Å². The Morgan fingerprint density at radius 2 is 1.80 bits per heavy atom. The van der Waals surface area contributed by atoms with Crippen LogP contribution in [-0.4, -0.2) is 21.9 Å². The second kappa shape index (κ2) is 6.56. The van der Waals surface area contributed by atoms with Gasteiger partial charge in [0.15, 0.2) is 11.6 Å². The number of benzene rings is 2. The maximum atomic E-state index is 12.9. The van der Waals surface area contributed by atoms with Crippen LogP contribution in [0.5, 0.6) is 5.75 Å². The maximum absolute atomic E-state index is 12.9. The molecular weight excluding hydrogens is 325 g/mol. The molecule has 1 aromatic heterocycles. The highest BCUT2D eigenvalue weighted by Gasteiger charge is 2.17. The highest BCUT2D eigenvalue weighted by atomic mass is 19.1. The predicted octanol–water partition coefficient (Wildman–Crippen LogP) is 2.93. The van der Waals surface area contributed by atoms with E-state index in [1.54, 1.807) is 24.3 Å². The summed E-state index contributed by atoms with van der Waals surface area (Å²) in [7, 11) is 0. The standard InChI is InChI=1S/C18H14FN3O3/c19-11-7-5-10(6-8-11)9-14(20)25-18(21)15-17(24)16(23)12-3-1-2-4-13(12)22-15/h1-8,20-21,24H,9H2,(H,22,23). The van der Waals surface area contributed by atoms with Crippen molar-refractivity contribution in [3.05, 3.63) is 75.8 Å². The van der Waals surface area contributed by atoms with Crippen LogP contribution in [0.2, 0.25) is 0 Å². The first kappa shape index (κ1) is 16.4. The molecule has 4 N–H and O–H groups in total. The molecular formula is C18H14FN3O3. The van der Waals surface area contributed by atoms with E-state index in [0.717, 1.165) is 0 Å². The van der Waals surface area contributed by atoms with Gasteiger partial charge >= 0.3 is 0 Å². The summed E-state index contributed by atoms with van der Waals surface area (Å²) in [6, 6.07) is 12.1. The Balaban J connectivity index is 1.82. The number of hydrogen-bond acceptors (Lipinski definition) is 5. The van der Waals surface area contributed by atoms with Crippen LogP contribution in [0.1, 0.15) is 11.3 Å². The molecule has 2 aromatic carbocycles. The molecule has 0 atom stereocenters. The summed E-state index contributed by atoms with van der Waals surface area (Å²) >= 11 is 0. The lowest BCUT2D eigenvalue weighted by Gasteiger charge is -2.10. The SMILES string of the molecule is N=C(Cc1ccc(F)cc1)OC(=N)c1[nH]c2ccccc2c(=O)c1O. The molecule has 0 radical (unpaired) electrons. The van der Waals surface area contributed by atoms with Gasteiger partial charge in [0.1, 0.15) is 11.5 Å². The smallest absolute Gasteiger partial charge is 0.241 e. The lowest BCUT2D eigenvalue weighted by molar-refractivity contribution is 0.459. The second-order valence-corrected chi connectivity index (χ2v) is 5.38. The highest BCUT2D eigenvalue weighted by Crippen LogP contribution is 2.17. The molecule has 0 unspecified atom stereocenters. The summed E-state index contributed by atoms with van der Waals surface area (Å²) in [5.41, 5.74) is 0.254. The lowest BCUT2D eigenvalue weighted by atomic mass is 10.1. The number of H-pyrrole nitrogens is 1. The number of hydrogen-bond donors (Lipinski definition) is 4. The fourth-order valence-corrected chi connectivity index (χ4v) is 2.39. The minimum Gasteiger partial charge on any atom is -0.503 e. The third-order valence-corrected chi connectivity index (χ3v) is 3.61. The van der Waals surface area contributed by atoms with E-state index in [1.165, 1.54) is 24.3 Å². The molecule has 0 amide bonds. The summed E-state index contributed by atoms with van der Waals surface area (Å²) < 4.78 is 18.0. The van der Waals surface area contributed by atoms with Crippen LogP contribution < -0.4 is 5.43 Å². The molecule has 0 aliphatic heterocycles. The summed E-state index contributed by atoms with van der Waals surface area (Å²) in [5, 5.41) is 26.0. The van der Waals surface area contributed by atoms with Gasteiger partial charge in [0.05, 0.1) is 5.52 Å². The van der Waals surface area contributed by atoms with Crippen molar-refractivity contribution in [1.29, 1.82) is 10.8 Å². The third kappa shape index (κ3) is 3.40. The van der Waals surface area contributed by atoms with Crippen molar-refractivity contribution in [3.8, 4) is 5.75 Å². The molecule has 0 spiro atoms. The Hall–Kier alpha value is -3.48. The van der Waals surface area contributed by atoms with E-state index in [2.05, 4.69) is 4.98 Å². The third-order valence-electron chi connectivity index (χ3n) is 3.61. The molecule has 1 heterocycles. The number of ether oxygens (including phenoxy) is 1. The van der Waals surface area contributed by atoms with E-state index in [9.17, 15) is 14.3 Å². The number of nitrogens with one attached hydrogen (secondary N) is 3. The van der Waals surface area contributed by atoms with Crippen LogP contribution in [0.25, 0.3) is 10.9 Å². The van der Waals surface area contributed by atoms with Crippen molar-refractivity contribution < 1.29 is 14.2 Å². The van der Waals surface area contributed by atoms with Crippen molar-refractivity contribution in [3.63, 3.8) is 0 Å². The molecule has 3 aromatic rings. The first-order chi connectivity index (χ1) is 12.0. The zero-order valence-corrected chi connectivity index (χ0v) is 13.0. The quantitative estimate of drug-likeness (QED) is 0.435. The summed E-state index contributed by atoms with van der Waals surface area (Å²) in [5.74, 6) is -1.85. The van der Waals surface area contributed by atoms with E-state index in [4.69, 9.17) is 15.6 Å². The molecule has 0 fully saturated rings. The van der Waals surface area contributed by atoms with Gasteiger partial charge in [-0.3, -0.25) is 15.6 Å². The zero-order valence-electron chi connectivity index (χ0n) is 13.0. The van der Waals surface area contributed by atoms with Gasteiger partial charge in [-0.25, -0.2) is 4.39 Å². The number of rotatable bonds is 3. The first-order valence-corrected chi connectivity index (χ1v) is 7.38. The molecule has 0 saturated heterocycles. The van der Waals surface area contributed by atoms with Crippen LogP contribution in [0, 0.1) is 16.6 Å². The number of para-hydroxylation sites is 1. The highest BCUT2D eigenvalue weighted by molar-refractivity contribution is 6.01. The van der Waals surface area contributed by atoms with E-state index in [0.29, 0.717) is 11.1 Å². The minimum absolute atomic E-state index is 0.0429. The van der Waals surface area contributed by atoms with E-state index in [1.807, 2.05) is 0 Å². The summed E-state index contributed by atoms with van der Waals surface area (Å²) in [6.07, 6.45) is 0.0429. The Morgan fingerprint density at radius 3 is 2.52 bits per heavy atom. The van der Waals surface area contributed by atoms with E-state index >= 15 is 0 Å². The minimum atomic E-state index is -0.640. The average Bonchev–Trinajstić information content (AvgIpc) is 2.60. The lowest BCUT2D eigenvalue weighted by Crippen LogP contribution is -2.18. The molecule has 126 valence electrons. The average molecular weight is 339 g/mol. The number of aromatic nitrogens is 1. The molecule has 6 nitrogen and oxygen atoms in total. The second-order valence-electron chi connectivity index (χ2n) is 5.38. The van der Waals surface area contributed by atoms with Crippen molar-refractivity contribution in [1.82, 2.24) is 4.98 Å². The maximum Gasteiger partial charge on any atom is 0.241 e. The fourth-order valence-electron chi connectivity index (χ4n) is 2.39. The molecule has 7 heteroatoms. The molecule has 0 saturated carbocycles. The Kier molecular flexibility index (Phi) is 4.30. The van der Waals surface area contributed by atoms with Crippen molar-refractivity contribution in [2.24, 2.45) is 0 Å². The monoisotopic (exact) mass is 339 g/mol. The normalized spacial score (nSPS) is 10.6. The summed E-state index contributed by atoms with van der Waals surface area (Å²) in [6.45, 7) is 0. The van der Waals surface area contributed by atoms with Gasteiger partial charge in [0, 0.05) is 11.8 Å². The largest absolute Gasteiger partial charge is 0.503 e. The fraction of sp³-hybridized carbons (Fsp3) is 0.0556. The number of pyridine rings is 1. The number of aromatic amines is 1. The van der Waals surface area contributed by atoms with Crippen LogP contribution in [-0.2, 0) is 11.2 Å².